The van der Waals surface area contributed by atoms with Crippen molar-refractivity contribution < 1.29 is 24.0 Å². The molecule has 1 aliphatic heterocycles. The second-order valence-corrected chi connectivity index (χ2v) is 6.47. The number of ether oxygens (including phenoxy) is 2. The number of benzene rings is 3. The summed E-state index contributed by atoms with van der Waals surface area (Å²) in [4.78, 5) is 38.8. The van der Waals surface area contributed by atoms with E-state index >= 15 is 0 Å². The van der Waals surface area contributed by atoms with Gasteiger partial charge in [0.05, 0.1) is 10.5 Å². The first kappa shape index (κ1) is 19.7. The molecule has 1 aliphatic rings. The van der Waals surface area contributed by atoms with Gasteiger partial charge in [0.15, 0.2) is 5.70 Å². The molecular formula is C23H14N2O6. The van der Waals surface area contributed by atoms with Gasteiger partial charge in [-0.25, -0.2) is 14.6 Å². The largest absolute Gasteiger partial charge is 0.423 e. The van der Waals surface area contributed by atoms with E-state index in [1.54, 1.807) is 54.6 Å². The molecule has 0 N–H and O–H groups in total. The maximum absolute atomic E-state index is 12.2. The maximum atomic E-state index is 12.2. The van der Waals surface area contributed by atoms with Crippen LogP contribution in [-0.2, 0) is 9.53 Å². The summed E-state index contributed by atoms with van der Waals surface area (Å²) in [6.07, 6.45) is 1.50. The molecule has 4 rings (SSSR count). The van der Waals surface area contributed by atoms with Gasteiger partial charge in [0.1, 0.15) is 5.75 Å². The van der Waals surface area contributed by atoms with Gasteiger partial charge < -0.3 is 9.47 Å². The van der Waals surface area contributed by atoms with E-state index in [9.17, 15) is 19.7 Å². The van der Waals surface area contributed by atoms with Gasteiger partial charge in [0.25, 0.3) is 5.69 Å². The number of carbonyl (C=O) groups excluding carboxylic acids is 2. The molecule has 0 aromatic heterocycles. The quantitative estimate of drug-likeness (QED) is 0.204. The van der Waals surface area contributed by atoms with E-state index < -0.39 is 16.9 Å². The molecular weight excluding hydrogens is 400 g/mol. The number of hydrogen-bond acceptors (Lipinski definition) is 7. The van der Waals surface area contributed by atoms with Crippen LogP contribution in [0, 0.1) is 10.1 Å². The van der Waals surface area contributed by atoms with E-state index in [-0.39, 0.29) is 17.3 Å². The summed E-state index contributed by atoms with van der Waals surface area (Å²) in [7, 11) is 0. The number of hydrogen-bond donors (Lipinski definition) is 0. The molecule has 0 atom stereocenters. The topological polar surface area (TPSA) is 108 Å². The molecule has 0 bridgehead atoms. The third kappa shape index (κ3) is 4.54. The first-order valence-corrected chi connectivity index (χ1v) is 9.14. The fourth-order valence-corrected chi connectivity index (χ4v) is 2.82. The van der Waals surface area contributed by atoms with Gasteiger partial charge in [-0.1, -0.05) is 30.3 Å². The summed E-state index contributed by atoms with van der Waals surface area (Å²) < 4.78 is 10.6. The Bertz CT molecular complexity index is 1230. The van der Waals surface area contributed by atoms with Crippen LogP contribution in [0.1, 0.15) is 21.5 Å². The van der Waals surface area contributed by atoms with Gasteiger partial charge in [-0.2, -0.15) is 0 Å². The smallest absolute Gasteiger partial charge is 0.363 e. The molecule has 8 heteroatoms. The van der Waals surface area contributed by atoms with E-state index in [0.717, 1.165) is 0 Å². The standard InChI is InChI=1S/C23H14N2O6/c26-22(17-6-2-1-3-7-17)30-19-8-4-5-15(13-19)14-20-23(27)31-21(24-20)16-9-11-18(12-10-16)25(28)29/h1-14H/b20-14-. The van der Waals surface area contributed by atoms with E-state index in [1.807, 2.05) is 0 Å². The van der Waals surface area contributed by atoms with Gasteiger partial charge in [0.2, 0.25) is 5.90 Å². The molecule has 3 aromatic carbocycles. The van der Waals surface area contributed by atoms with Crippen LogP contribution < -0.4 is 4.74 Å². The van der Waals surface area contributed by atoms with Gasteiger partial charge in [-0.15, -0.1) is 0 Å². The number of nitro groups is 1. The lowest BCUT2D eigenvalue weighted by atomic mass is 10.2. The summed E-state index contributed by atoms with van der Waals surface area (Å²) >= 11 is 0. The average molecular weight is 414 g/mol. The molecule has 0 spiro atoms. The zero-order chi connectivity index (χ0) is 21.8. The van der Waals surface area contributed by atoms with Crippen LogP contribution in [0.5, 0.6) is 5.75 Å². The molecule has 1 heterocycles. The predicted molar refractivity (Wildman–Crippen MR) is 112 cm³/mol. The van der Waals surface area contributed by atoms with Gasteiger partial charge in [0, 0.05) is 17.7 Å². The van der Waals surface area contributed by atoms with Crippen LogP contribution in [0.4, 0.5) is 5.69 Å². The van der Waals surface area contributed by atoms with E-state index in [2.05, 4.69) is 4.99 Å². The minimum absolute atomic E-state index is 0.0535. The van der Waals surface area contributed by atoms with Gasteiger partial charge >= 0.3 is 11.9 Å². The van der Waals surface area contributed by atoms with Crippen molar-refractivity contribution in [3.8, 4) is 5.75 Å². The Balaban J connectivity index is 1.54. The Hall–Kier alpha value is -4.59. The number of esters is 2. The number of rotatable bonds is 5. The first-order chi connectivity index (χ1) is 15.0. The lowest BCUT2D eigenvalue weighted by Crippen LogP contribution is -2.08. The Morgan fingerprint density at radius 1 is 1.00 bits per heavy atom. The van der Waals surface area contributed by atoms with Crippen LogP contribution in [0.25, 0.3) is 6.08 Å². The normalized spacial score (nSPS) is 14.1. The second-order valence-electron chi connectivity index (χ2n) is 6.47. The zero-order valence-corrected chi connectivity index (χ0v) is 15.9. The lowest BCUT2D eigenvalue weighted by Gasteiger charge is -2.05. The van der Waals surface area contributed by atoms with Crippen LogP contribution >= 0.6 is 0 Å². The minimum atomic E-state index is -0.653. The molecule has 0 saturated heterocycles. The summed E-state index contributed by atoms with van der Waals surface area (Å²) in [6.45, 7) is 0. The molecule has 31 heavy (non-hydrogen) atoms. The molecule has 8 nitrogen and oxygen atoms in total. The predicted octanol–water partition coefficient (Wildman–Crippen LogP) is 4.16. The van der Waals surface area contributed by atoms with E-state index in [4.69, 9.17) is 9.47 Å². The summed E-state index contributed by atoms with van der Waals surface area (Å²) in [5, 5.41) is 10.8. The zero-order valence-electron chi connectivity index (χ0n) is 15.9. The second kappa shape index (κ2) is 8.42. The number of cyclic esters (lactones) is 1. The number of aliphatic imine (C=N–C) groups is 1. The summed E-state index contributed by atoms with van der Waals surface area (Å²) in [6, 6.07) is 20.7. The minimum Gasteiger partial charge on any atom is -0.423 e. The molecule has 0 unspecified atom stereocenters. The number of nitrogens with zero attached hydrogens (tertiary/aromatic N) is 2. The van der Waals surface area contributed by atoms with Crippen molar-refractivity contribution in [1.82, 2.24) is 0 Å². The highest BCUT2D eigenvalue weighted by molar-refractivity contribution is 6.12. The molecule has 3 aromatic rings. The Labute approximate surface area is 176 Å². The fraction of sp³-hybridized carbons (Fsp3) is 0. The number of carbonyl (C=O) groups is 2. The molecule has 0 saturated carbocycles. The third-order valence-electron chi connectivity index (χ3n) is 4.33. The molecule has 0 amide bonds. The first-order valence-electron chi connectivity index (χ1n) is 9.14. The van der Waals surface area contributed by atoms with Crippen molar-refractivity contribution in [2.75, 3.05) is 0 Å². The van der Waals surface area contributed by atoms with Crippen molar-refractivity contribution in [2.24, 2.45) is 4.99 Å². The van der Waals surface area contributed by atoms with Gasteiger partial charge in [-0.05, 0) is 48.0 Å². The molecule has 0 radical (unpaired) electrons. The van der Waals surface area contributed by atoms with E-state index in [0.29, 0.717) is 22.4 Å². The lowest BCUT2D eigenvalue weighted by molar-refractivity contribution is -0.384. The highest BCUT2D eigenvalue weighted by atomic mass is 16.6. The van der Waals surface area contributed by atoms with Crippen molar-refractivity contribution in [1.29, 1.82) is 0 Å². The monoisotopic (exact) mass is 414 g/mol. The fourth-order valence-electron chi connectivity index (χ4n) is 2.82. The highest BCUT2D eigenvalue weighted by Crippen LogP contribution is 2.23. The average Bonchev–Trinajstić information content (AvgIpc) is 3.15. The molecule has 0 aliphatic carbocycles. The number of nitro benzene ring substituents is 1. The number of non-ortho nitro benzene ring substituents is 1. The van der Waals surface area contributed by atoms with Crippen molar-refractivity contribution in [3.05, 3.63) is 111 Å². The molecule has 152 valence electrons. The third-order valence-corrected chi connectivity index (χ3v) is 4.33. The maximum Gasteiger partial charge on any atom is 0.363 e. The summed E-state index contributed by atoms with van der Waals surface area (Å²) in [5.74, 6) is -0.781. The Morgan fingerprint density at radius 2 is 1.74 bits per heavy atom. The van der Waals surface area contributed by atoms with Crippen molar-refractivity contribution in [3.63, 3.8) is 0 Å². The van der Waals surface area contributed by atoms with E-state index in [1.165, 1.54) is 30.3 Å². The van der Waals surface area contributed by atoms with Crippen LogP contribution in [0.2, 0.25) is 0 Å². The Morgan fingerprint density at radius 3 is 2.45 bits per heavy atom. The Kier molecular flexibility index (Phi) is 5.35. The van der Waals surface area contributed by atoms with Gasteiger partial charge in [-0.3, -0.25) is 10.1 Å². The van der Waals surface area contributed by atoms with Crippen molar-refractivity contribution in [2.45, 2.75) is 0 Å². The van der Waals surface area contributed by atoms with Crippen LogP contribution in [0.15, 0.2) is 89.6 Å². The highest BCUT2D eigenvalue weighted by Gasteiger charge is 2.24. The van der Waals surface area contributed by atoms with Crippen LogP contribution in [-0.4, -0.2) is 22.8 Å². The summed E-state index contributed by atoms with van der Waals surface area (Å²) in [5.41, 5.74) is 1.42. The molecule has 0 fully saturated rings. The van der Waals surface area contributed by atoms with Crippen LogP contribution in [0.3, 0.4) is 0 Å². The SMILES string of the molecule is O=C1OC(c2ccc([N+](=O)[O-])cc2)=N/C1=C\c1cccc(OC(=O)c2ccccc2)c1. The van der Waals surface area contributed by atoms with Crippen molar-refractivity contribution >= 4 is 29.6 Å².